The fraction of sp³-hybridized carbons (Fsp3) is 0.857. The van der Waals surface area contributed by atoms with Gasteiger partial charge >= 0.3 is 0 Å². The summed E-state index contributed by atoms with van der Waals surface area (Å²) < 4.78 is 2.50. The number of carbonyl (C=O) groups is 1. The first-order chi connectivity index (χ1) is 22.6. The summed E-state index contributed by atoms with van der Waals surface area (Å²) >= 11 is 0. The van der Waals surface area contributed by atoms with Crippen molar-refractivity contribution in [3.05, 3.63) is 24.3 Å². The Morgan fingerprint density at radius 2 is 1.09 bits per heavy atom. The zero-order chi connectivity index (χ0) is 33.3. The van der Waals surface area contributed by atoms with E-state index in [1.54, 1.807) is 0 Å². The third kappa shape index (κ3) is 24.6. The Balaban J connectivity index is 2.14. The van der Waals surface area contributed by atoms with Gasteiger partial charge in [-0.1, -0.05) is 141 Å². The molecule has 1 aliphatic rings. The second-order valence-electron chi connectivity index (χ2n) is 14.5. The van der Waals surface area contributed by atoms with Gasteiger partial charge in [0.15, 0.2) is 0 Å². The van der Waals surface area contributed by atoms with E-state index in [4.69, 9.17) is 0 Å². The molecule has 2 N–H and O–H groups in total. The number of hydrogen-bond acceptors (Lipinski definition) is 2. The van der Waals surface area contributed by atoms with Crippen molar-refractivity contribution in [1.29, 1.82) is 0 Å². The van der Waals surface area contributed by atoms with Crippen LogP contribution in [0.3, 0.4) is 0 Å². The van der Waals surface area contributed by atoms with Crippen molar-refractivity contribution in [3.63, 3.8) is 0 Å². The fourth-order valence-corrected chi connectivity index (χ4v) is 6.83. The quantitative estimate of drug-likeness (QED) is 0.0425. The second kappa shape index (κ2) is 32.0. The van der Waals surface area contributed by atoms with Crippen LogP contribution in [0.2, 0.25) is 0 Å². The number of allylic oxidation sites excluding steroid dienone is 4. The Kier molecular flexibility index (Phi) is 29.5. The average Bonchev–Trinajstić information content (AvgIpc) is 3.59. The number of rotatable bonds is 33. The predicted molar refractivity (Wildman–Crippen MR) is 204 cm³/mol. The fourth-order valence-electron chi connectivity index (χ4n) is 6.83. The molecule has 0 fully saturated rings. The Morgan fingerprint density at radius 3 is 1.54 bits per heavy atom. The summed E-state index contributed by atoms with van der Waals surface area (Å²) in [5, 5.41) is 6.78. The molecule has 1 heterocycles. The zero-order valence-corrected chi connectivity index (χ0v) is 31.5. The first kappa shape index (κ1) is 42.4. The van der Waals surface area contributed by atoms with Crippen molar-refractivity contribution >= 4 is 12.2 Å². The van der Waals surface area contributed by atoms with Gasteiger partial charge < -0.3 is 5.32 Å². The van der Waals surface area contributed by atoms with Crippen LogP contribution in [0.4, 0.5) is 0 Å². The number of unbranched alkanes of at least 4 members (excludes halogenated alkanes) is 21. The summed E-state index contributed by atoms with van der Waals surface area (Å²) in [6.07, 6.45) is 46.5. The normalized spacial score (nSPS) is 15.3. The van der Waals surface area contributed by atoms with E-state index in [-0.39, 0.29) is 11.9 Å². The number of nitrogens with one attached hydrogen (secondary N) is 2. The van der Waals surface area contributed by atoms with Crippen LogP contribution < -0.4 is 10.6 Å². The predicted octanol–water partition coefficient (Wildman–Crippen LogP) is 11.8. The van der Waals surface area contributed by atoms with E-state index in [1.807, 2.05) is 0 Å². The highest BCUT2D eigenvalue weighted by Crippen LogP contribution is 2.20. The van der Waals surface area contributed by atoms with Crippen LogP contribution in [-0.4, -0.2) is 42.0 Å². The van der Waals surface area contributed by atoms with Gasteiger partial charge in [0.05, 0.1) is 0 Å². The van der Waals surface area contributed by atoms with Crippen molar-refractivity contribution in [3.8, 4) is 0 Å². The molecule has 0 bridgehead atoms. The highest BCUT2D eigenvalue weighted by atomic mass is 16.1. The van der Waals surface area contributed by atoms with Crippen molar-refractivity contribution in [2.24, 2.45) is 5.92 Å². The van der Waals surface area contributed by atoms with Gasteiger partial charge in [0.1, 0.15) is 19.1 Å². The number of amides is 1. The van der Waals surface area contributed by atoms with Crippen molar-refractivity contribution in [1.82, 2.24) is 10.6 Å². The van der Waals surface area contributed by atoms with E-state index in [1.165, 1.54) is 161 Å². The lowest BCUT2D eigenvalue weighted by Gasteiger charge is -2.29. The topological polar surface area (TPSA) is 44.1 Å². The summed E-state index contributed by atoms with van der Waals surface area (Å²) in [5.74, 6) is 0.669. The molecule has 0 aromatic carbocycles. The summed E-state index contributed by atoms with van der Waals surface area (Å²) in [6.45, 7) is 11.2. The maximum absolute atomic E-state index is 12.8. The van der Waals surface area contributed by atoms with Crippen LogP contribution in [0.25, 0.3) is 0 Å². The number of hydrogen-bond donors (Lipinski definition) is 2. The van der Waals surface area contributed by atoms with Gasteiger partial charge in [0.25, 0.3) is 0 Å². The highest BCUT2D eigenvalue weighted by Gasteiger charge is 2.30. The van der Waals surface area contributed by atoms with E-state index >= 15 is 0 Å². The lowest BCUT2D eigenvalue weighted by atomic mass is 9.89. The summed E-state index contributed by atoms with van der Waals surface area (Å²) in [6, 6.07) is 0.689. The molecular weight excluding hydrogens is 562 g/mol. The van der Waals surface area contributed by atoms with E-state index in [9.17, 15) is 4.79 Å². The molecule has 4 nitrogen and oxygen atoms in total. The number of nitrogens with zero attached hydrogens (tertiary/aromatic N) is 1. The molecule has 0 aliphatic carbocycles. The molecule has 268 valence electrons. The van der Waals surface area contributed by atoms with E-state index in [2.05, 4.69) is 73.5 Å². The molecule has 1 amide bonds. The monoisotopic (exact) mass is 643 g/mol. The minimum atomic E-state index is 0.200. The van der Waals surface area contributed by atoms with Crippen LogP contribution in [-0.2, 0) is 4.79 Å². The highest BCUT2D eigenvalue weighted by molar-refractivity contribution is 5.76. The third-order valence-corrected chi connectivity index (χ3v) is 10.2. The van der Waals surface area contributed by atoms with Crippen LogP contribution in [0.5, 0.6) is 0 Å². The van der Waals surface area contributed by atoms with Gasteiger partial charge in [-0.3, -0.25) is 14.7 Å². The average molecular weight is 643 g/mol. The molecule has 3 atom stereocenters. The van der Waals surface area contributed by atoms with Gasteiger partial charge in [-0.15, -0.1) is 0 Å². The SMILES string of the molecule is CCCCCCCCC=CCCCCCCCC(=O)NC(C)C(C)C(CCCCCCC=CCCCCCCCC)[N+]1=CNCC1. The summed E-state index contributed by atoms with van der Waals surface area (Å²) in [7, 11) is 0. The first-order valence-electron chi connectivity index (χ1n) is 20.5. The van der Waals surface area contributed by atoms with E-state index in [0.29, 0.717) is 18.4 Å². The van der Waals surface area contributed by atoms with Crippen molar-refractivity contribution in [2.75, 3.05) is 13.1 Å². The molecule has 46 heavy (non-hydrogen) atoms. The zero-order valence-electron chi connectivity index (χ0n) is 31.5. The van der Waals surface area contributed by atoms with E-state index in [0.717, 1.165) is 19.5 Å². The third-order valence-electron chi connectivity index (χ3n) is 10.2. The Bertz CT molecular complexity index is 773. The molecule has 0 aromatic rings. The van der Waals surface area contributed by atoms with Crippen LogP contribution in [0, 0.1) is 5.92 Å². The first-order valence-corrected chi connectivity index (χ1v) is 20.5. The molecule has 0 aromatic heterocycles. The minimum Gasteiger partial charge on any atom is -0.353 e. The molecule has 3 unspecified atom stereocenters. The molecular formula is C42H80N3O+. The standard InChI is InChI=1S/C42H79N3O/c1-5-7-9-11-13-15-17-19-21-23-25-27-29-31-33-35-42(46)44-40(4)39(3)41(45-37-36-43-38-45)34-32-30-28-26-24-22-20-18-16-14-12-10-8-6-2/h19-22,38-41H,5-18,23-37H2,1-4H3,(H,44,46)/p+1. The number of carbonyl (C=O) groups excluding carboxylic acids is 1. The lowest BCUT2D eigenvalue weighted by molar-refractivity contribution is -0.563. The molecule has 4 heteroatoms. The Hall–Kier alpha value is -1.58. The second-order valence-corrected chi connectivity index (χ2v) is 14.5. The minimum absolute atomic E-state index is 0.200. The maximum atomic E-state index is 12.8. The van der Waals surface area contributed by atoms with Crippen LogP contribution in [0.15, 0.2) is 24.3 Å². The van der Waals surface area contributed by atoms with Gasteiger partial charge in [-0.05, 0) is 77.6 Å². The Labute approximate surface area is 288 Å². The molecule has 0 saturated heterocycles. The van der Waals surface area contributed by atoms with Crippen LogP contribution in [0.1, 0.15) is 201 Å². The Morgan fingerprint density at radius 1 is 0.652 bits per heavy atom. The van der Waals surface area contributed by atoms with Crippen LogP contribution >= 0.6 is 0 Å². The van der Waals surface area contributed by atoms with E-state index < -0.39 is 0 Å². The summed E-state index contributed by atoms with van der Waals surface area (Å²) in [4.78, 5) is 12.8. The molecule has 1 aliphatic heterocycles. The maximum Gasteiger partial charge on any atom is 0.232 e. The van der Waals surface area contributed by atoms with Gasteiger partial charge in [-0.2, -0.15) is 0 Å². The van der Waals surface area contributed by atoms with Crippen molar-refractivity contribution in [2.45, 2.75) is 213 Å². The van der Waals surface area contributed by atoms with Gasteiger partial charge in [0, 0.05) is 18.4 Å². The van der Waals surface area contributed by atoms with Crippen molar-refractivity contribution < 1.29 is 9.37 Å². The van der Waals surface area contributed by atoms with Gasteiger partial charge in [-0.25, -0.2) is 0 Å². The largest absolute Gasteiger partial charge is 0.353 e. The smallest absolute Gasteiger partial charge is 0.232 e. The summed E-state index contributed by atoms with van der Waals surface area (Å²) in [5.41, 5.74) is 0. The van der Waals surface area contributed by atoms with Gasteiger partial charge in [0.2, 0.25) is 12.2 Å². The molecule has 0 radical (unpaired) electrons. The lowest BCUT2D eigenvalue weighted by Crippen LogP contribution is -2.45. The molecule has 0 saturated carbocycles. The molecule has 1 rings (SSSR count). The molecule has 0 spiro atoms.